The van der Waals surface area contributed by atoms with Crippen LogP contribution in [0.3, 0.4) is 0 Å². The first-order valence-electron chi connectivity index (χ1n) is 4.52. The third kappa shape index (κ3) is 4.32. The zero-order valence-electron chi connectivity index (χ0n) is 8.90. The van der Waals surface area contributed by atoms with E-state index in [1.54, 1.807) is 7.11 Å². The van der Waals surface area contributed by atoms with Crippen LogP contribution in [0.4, 0.5) is 0 Å². The van der Waals surface area contributed by atoms with E-state index in [2.05, 4.69) is 0 Å². The van der Waals surface area contributed by atoms with Crippen LogP contribution in [-0.4, -0.2) is 18.9 Å². The molecule has 1 unspecified atom stereocenters. The summed E-state index contributed by atoms with van der Waals surface area (Å²) >= 11 is 0. The third-order valence-electron chi connectivity index (χ3n) is 2.14. The van der Waals surface area contributed by atoms with Crippen molar-refractivity contribution in [2.24, 2.45) is 5.73 Å². The molecule has 1 aromatic carbocycles. The van der Waals surface area contributed by atoms with Gasteiger partial charge in [-0.3, -0.25) is 4.79 Å². The topological polar surface area (TPSA) is 52.3 Å². The highest BCUT2D eigenvalue weighted by Gasteiger charge is 2.08. The van der Waals surface area contributed by atoms with Crippen molar-refractivity contribution in [3.63, 3.8) is 0 Å². The van der Waals surface area contributed by atoms with Crippen molar-refractivity contribution in [2.75, 3.05) is 7.11 Å². The van der Waals surface area contributed by atoms with Gasteiger partial charge in [0.05, 0.1) is 13.2 Å². The summed E-state index contributed by atoms with van der Waals surface area (Å²) in [6.45, 7) is 1.51. The first-order valence-corrected chi connectivity index (χ1v) is 4.52. The number of carbonyl (C=O) groups excluding carboxylic acids is 1. The Balaban J connectivity index is 0.00000196. The number of hydrogen-bond donors (Lipinski definition) is 1. The molecular weight excluding hydrogens is 214 g/mol. The van der Waals surface area contributed by atoms with E-state index in [9.17, 15) is 4.79 Å². The molecule has 2 N–H and O–H groups in total. The van der Waals surface area contributed by atoms with Gasteiger partial charge in [-0.2, -0.15) is 0 Å². The molecule has 84 valence electrons. The molecule has 0 heterocycles. The molecule has 1 aromatic rings. The molecule has 0 aliphatic carbocycles. The predicted molar refractivity (Wildman–Crippen MR) is 62.6 cm³/mol. The second-order valence-electron chi connectivity index (χ2n) is 3.27. The number of ether oxygens (including phenoxy) is 1. The number of rotatable bonds is 4. The molecule has 0 saturated carbocycles. The third-order valence-corrected chi connectivity index (χ3v) is 2.14. The molecule has 0 aliphatic rings. The van der Waals surface area contributed by atoms with E-state index in [4.69, 9.17) is 10.5 Å². The Morgan fingerprint density at radius 3 is 2.33 bits per heavy atom. The van der Waals surface area contributed by atoms with E-state index in [-0.39, 0.29) is 18.2 Å². The van der Waals surface area contributed by atoms with Gasteiger partial charge in [0.15, 0.2) is 0 Å². The van der Waals surface area contributed by atoms with Gasteiger partial charge in [0.1, 0.15) is 11.5 Å². The quantitative estimate of drug-likeness (QED) is 0.853. The van der Waals surface area contributed by atoms with Crippen molar-refractivity contribution in [1.29, 1.82) is 0 Å². The number of nitrogens with two attached hydrogens (primary N) is 1. The maximum absolute atomic E-state index is 10.9. The lowest BCUT2D eigenvalue weighted by atomic mass is 10.0. The summed E-state index contributed by atoms with van der Waals surface area (Å²) < 4.78 is 5.02. The SMILES string of the molecule is COc1ccc(CC(N)C(C)=O)cc1.Cl. The summed E-state index contributed by atoms with van der Waals surface area (Å²) in [5, 5.41) is 0. The first kappa shape index (κ1) is 13.9. The van der Waals surface area contributed by atoms with Crippen molar-refractivity contribution in [3.05, 3.63) is 29.8 Å². The van der Waals surface area contributed by atoms with Crippen LogP contribution < -0.4 is 10.5 Å². The number of carbonyl (C=O) groups is 1. The monoisotopic (exact) mass is 229 g/mol. The van der Waals surface area contributed by atoms with Crippen molar-refractivity contribution in [1.82, 2.24) is 0 Å². The molecule has 0 amide bonds. The predicted octanol–water partition coefficient (Wildman–Crippen LogP) is 1.58. The van der Waals surface area contributed by atoms with Crippen molar-refractivity contribution in [2.45, 2.75) is 19.4 Å². The van der Waals surface area contributed by atoms with E-state index in [0.29, 0.717) is 6.42 Å². The van der Waals surface area contributed by atoms with Crippen molar-refractivity contribution in [3.8, 4) is 5.75 Å². The van der Waals surface area contributed by atoms with Crippen LogP contribution >= 0.6 is 12.4 Å². The average Bonchev–Trinajstić information content (AvgIpc) is 2.19. The molecule has 0 saturated heterocycles. The summed E-state index contributed by atoms with van der Waals surface area (Å²) in [5.74, 6) is 0.825. The number of methoxy groups -OCH3 is 1. The average molecular weight is 230 g/mol. The lowest BCUT2D eigenvalue weighted by Crippen LogP contribution is -2.30. The van der Waals surface area contributed by atoms with Gasteiger partial charge in [-0.05, 0) is 31.0 Å². The second kappa shape index (κ2) is 6.43. The van der Waals surface area contributed by atoms with E-state index in [0.717, 1.165) is 11.3 Å². The van der Waals surface area contributed by atoms with Crippen molar-refractivity contribution >= 4 is 18.2 Å². The van der Waals surface area contributed by atoms with Crippen LogP contribution in [0, 0.1) is 0 Å². The van der Waals surface area contributed by atoms with Crippen LogP contribution in [0.5, 0.6) is 5.75 Å². The number of halogens is 1. The smallest absolute Gasteiger partial charge is 0.146 e. The van der Waals surface area contributed by atoms with Gasteiger partial charge in [-0.1, -0.05) is 12.1 Å². The second-order valence-corrected chi connectivity index (χ2v) is 3.27. The Hall–Kier alpha value is -1.06. The van der Waals surface area contributed by atoms with E-state index in [1.165, 1.54) is 6.92 Å². The Kier molecular flexibility index (Phi) is 5.97. The van der Waals surface area contributed by atoms with E-state index >= 15 is 0 Å². The largest absolute Gasteiger partial charge is 0.497 e. The molecule has 1 rings (SSSR count). The fourth-order valence-corrected chi connectivity index (χ4v) is 1.16. The number of hydrogen-bond acceptors (Lipinski definition) is 3. The Morgan fingerprint density at radius 1 is 1.40 bits per heavy atom. The van der Waals surface area contributed by atoms with Crippen LogP contribution in [0.25, 0.3) is 0 Å². The van der Waals surface area contributed by atoms with Crippen LogP contribution in [0.2, 0.25) is 0 Å². The summed E-state index contributed by atoms with van der Waals surface area (Å²) in [6, 6.07) is 7.16. The first-order chi connectivity index (χ1) is 6.63. The Morgan fingerprint density at radius 2 is 1.93 bits per heavy atom. The molecule has 0 aromatic heterocycles. The highest BCUT2D eigenvalue weighted by molar-refractivity contribution is 5.85. The summed E-state index contributed by atoms with van der Waals surface area (Å²) in [4.78, 5) is 10.9. The fraction of sp³-hybridized carbons (Fsp3) is 0.364. The molecule has 0 aliphatic heterocycles. The van der Waals surface area contributed by atoms with Gasteiger partial charge >= 0.3 is 0 Å². The zero-order valence-corrected chi connectivity index (χ0v) is 9.71. The van der Waals surface area contributed by atoms with Crippen LogP contribution in [0.15, 0.2) is 24.3 Å². The summed E-state index contributed by atoms with van der Waals surface area (Å²) in [5.41, 5.74) is 6.69. The lowest BCUT2D eigenvalue weighted by Gasteiger charge is -2.07. The number of ketones is 1. The maximum Gasteiger partial charge on any atom is 0.146 e. The number of benzene rings is 1. The highest BCUT2D eigenvalue weighted by atomic mass is 35.5. The van der Waals surface area contributed by atoms with Crippen LogP contribution in [0.1, 0.15) is 12.5 Å². The molecule has 3 nitrogen and oxygen atoms in total. The van der Waals surface area contributed by atoms with Gasteiger partial charge in [-0.25, -0.2) is 0 Å². The van der Waals surface area contributed by atoms with Gasteiger partial charge < -0.3 is 10.5 Å². The minimum atomic E-state index is -0.400. The summed E-state index contributed by atoms with van der Waals surface area (Å²) in [6.07, 6.45) is 0.583. The van der Waals surface area contributed by atoms with Gasteiger partial charge in [0.2, 0.25) is 0 Å². The number of Topliss-reactive ketones (excluding diaryl/α,β-unsaturated/α-hetero) is 1. The van der Waals surface area contributed by atoms with Gasteiger partial charge in [0.25, 0.3) is 0 Å². The standard InChI is InChI=1S/C11H15NO2.ClH/c1-8(13)11(12)7-9-3-5-10(14-2)6-4-9;/h3-6,11H,7,12H2,1-2H3;1H. The van der Waals surface area contributed by atoms with Gasteiger partial charge in [0, 0.05) is 0 Å². The molecule has 0 bridgehead atoms. The maximum atomic E-state index is 10.9. The molecule has 0 spiro atoms. The fourth-order valence-electron chi connectivity index (χ4n) is 1.16. The minimum absolute atomic E-state index is 0. The molecule has 0 fully saturated rings. The zero-order chi connectivity index (χ0) is 10.6. The van der Waals surface area contributed by atoms with Gasteiger partial charge in [-0.15, -0.1) is 12.4 Å². The Labute approximate surface area is 96.0 Å². The normalized spacial score (nSPS) is 11.4. The van der Waals surface area contributed by atoms with E-state index < -0.39 is 6.04 Å². The molecule has 4 heteroatoms. The molecule has 1 atom stereocenters. The highest BCUT2D eigenvalue weighted by Crippen LogP contribution is 2.12. The molecule has 0 radical (unpaired) electrons. The van der Waals surface area contributed by atoms with Crippen molar-refractivity contribution < 1.29 is 9.53 Å². The Bertz CT molecular complexity index is 311. The molecule has 15 heavy (non-hydrogen) atoms. The minimum Gasteiger partial charge on any atom is -0.497 e. The van der Waals surface area contributed by atoms with Crippen LogP contribution in [-0.2, 0) is 11.2 Å². The van der Waals surface area contributed by atoms with E-state index in [1.807, 2.05) is 24.3 Å². The lowest BCUT2D eigenvalue weighted by molar-refractivity contribution is -0.118. The summed E-state index contributed by atoms with van der Waals surface area (Å²) in [7, 11) is 1.62. The molecular formula is C11H16ClNO2.